The Bertz CT molecular complexity index is 510. The summed E-state index contributed by atoms with van der Waals surface area (Å²) in [6, 6.07) is 3.99. The highest BCUT2D eigenvalue weighted by Gasteiger charge is 2.31. The molecule has 0 saturated carbocycles. The Labute approximate surface area is 112 Å². The van der Waals surface area contributed by atoms with Crippen molar-refractivity contribution in [1.29, 1.82) is 10.5 Å². The summed E-state index contributed by atoms with van der Waals surface area (Å²) >= 11 is 0. The average Bonchev–Trinajstić information content (AvgIpc) is 2.37. The topological polar surface area (TPSA) is 110 Å². The zero-order valence-corrected chi connectivity index (χ0v) is 11.5. The first-order valence-corrected chi connectivity index (χ1v) is 6.04. The summed E-state index contributed by atoms with van der Waals surface area (Å²) in [5, 5.41) is 24.2. The molecule has 100 valence electrons. The van der Waals surface area contributed by atoms with E-state index in [1.807, 2.05) is 32.9 Å². The second-order valence-corrected chi connectivity index (χ2v) is 4.48. The van der Waals surface area contributed by atoms with Gasteiger partial charge in [0.15, 0.2) is 11.2 Å². The molecule has 0 aliphatic rings. The van der Waals surface area contributed by atoms with Crippen LogP contribution in [0.1, 0.15) is 33.5 Å². The average molecular weight is 259 g/mol. The van der Waals surface area contributed by atoms with E-state index in [0.29, 0.717) is 18.4 Å². The van der Waals surface area contributed by atoms with E-state index in [-0.39, 0.29) is 11.9 Å². The highest BCUT2D eigenvalue weighted by Crippen LogP contribution is 2.20. The molecule has 1 heterocycles. The van der Waals surface area contributed by atoms with Gasteiger partial charge in [-0.25, -0.2) is 0 Å². The highest BCUT2D eigenvalue weighted by molar-refractivity contribution is 5.40. The molecule has 0 bridgehead atoms. The van der Waals surface area contributed by atoms with Gasteiger partial charge < -0.3 is 10.6 Å². The Hall–Kier alpha value is -2.41. The molecule has 0 fully saturated rings. The predicted molar refractivity (Wildman–Crippen MR) is 71.3 cm³/mol. The molecule has 0 aliphatic carbocycles. The van der Waals surface area contributed by atoms with E-state index >= 15 is 0 Å². The Morgan fingerprint density at radius 3 is 2.21 bits per heavy atom. The van der Waals surface area contributed by atoms with Gasteiger partial charge in [0, 0.05) is 12.6 Å². The van der Waals surface area contributed by atoms with Crippen LogP contribution in [0.25, 0.3) is 0 Å². The molecule has 0 aliphatic heterocycles. The Balaban J connectivity index is 3.28. The fourth-order valence-corrected chi connectivity index (χ4v) is 1.28. The van der Waals surface area contributed by atoms with Crippen molar-refractivity contribution in [3.63, 3.8) is 0 Å². The van der Waals surface area contributed by atoms with E-state index in [1.54, 1.807) is 0 Å². The third-order valence-corrected chi connectivity index (χ3v) is 2.28. The van der Waals surface area contributed by atoms with Gasteiger partial charge in [0.25, 0.3) is 0 Å². The number of hydrogen-bond donors (Lipinski definition) is 2. The molecule has 7 heteroatoms. The van der Waals surface area contributed by atoms with Crippen molar-refractivity contribution in [2.75, 3.05) is 17.2 Å². The second kappa shape index (κ2) is 5.96. The normalized spacial score (nSPS) is 10.7. The summed E-state index contributed by atoms with van der Waals surface area (Å²) in [4.78, 5) is 12.5. The van der Waals surface area contributed by atoms with Crippen molar-refractivity contribution < 1.29 is 0 Å². The zero-order chi connectivity index (χ0) is 14.5. The molecule has 0 unspecified atom stereocenters. The van der Waals surface area contributed by atoms with Crippen LogP contribution in [0.5, 0.6) is 0 Å². The highest BCUT2D eigenvalue weighted by atomic mass is 15.2. The van der Waals surface area contributed by atoms with Gasteiger partial charge >= 0.3 is 0 Å². The fourth-order valence-electron chi connectivity index (χ4n) is 1.28. The van der Waals surface area contributed by atoms with Crippen LogP contribution < -0.4 is 10.6 Å². The van der Waals surface area contributed by atoms with Crippen molar-refractivity contribution in [3.05, 3.63) is 5.82 Å². The summed E-state index contributed by atoms with van der Waals surface area (Å²) in [5.41, 5.74) is -1.39. The summed E-state index contributed by atoms with van der Waals surface area (Å²) < 4.78 is 0. The standard InChI is InChI=1S/C12H17N7/c1-5-15-10-17-9(12(4,6-13)7-14)18-11(19-10)16-8(2)3/h8H,5H2,1-4H3,(H2,15,16,17,18,19). The predicted octanol–water partition coefficient (Wildman–Crippen LogP) is 1.43. The van der Waals surface area contributed by atoms with Gasteiger partial charge in [-0.1, -0.05) is 0 Å². The molecule has 19 heavy (non-hydrogen) atoms. The van der Waals surface area contributed by atoms with E-state index in [1.165, 1.54) is 6.92 Å². The molecule has 7 nitrogen and oxygen atoms in total. The number of nitriles is 2. The minimum absolute atomic E-state index is 0.139. The van der Waals surface area contributed by atoms with Crippen LogP contribution in [-0.4, -0.2) is 27.5 Å². The lowest BCUT2D eigenvalue weighted by atomic mass is 9.94. The van der Waals surface area contributed by atoms with Crippen molar-refractivity contribution >= 4 is 11.9 Å². The first kappa shape index (κ1) is 14.7. The monoisotopic (exact) mass is 259 g/mol. The maximum Gasteiger partial charge on any atom is 0.228 e. The number of rotatable bonds is 5. The lowest BCUT2D eigenvalue weighted by Gasteiger charge is -2.15. The molecule has 0 spiro atoms. The first-order valence-electron chi connectivity index (χ1n) is 6.04. The number of hydrogen-bond acceptors (Lipinski definition) is 7. The van der Waals surface area contributed by atoms with Gasteiger partial charge in [-0.3, -0.25) is 0 Å². The SMILES string of the molecule is CCNc1nc(NC(C)C)nc(C(C)(C#N)C#N)n1. The molecule has 2 N–H and O–H groups in total. The van der Waals surface area contributed by atoms with Gasteiger partial charge in [0.05, 0.1) is 12.1 Å². The third-order valence-electron chi connectivity index (χ3n) is 2.28. The van der Waals surface area contributed by atoms with E-state index in [0.717, 1.165) is 0 Å². The van der Waals surface area contributed by atoms with Crippen molar-refractivity contribution in [2.45, 2.75) is 39.2 Å². The second-order valence-electron chi connectivity index (χ2n) is 4.48. The molecular weight excluding hydrogens is 242 g/mol. The van der Waals surface area contributed by atoms with Crippen LogP contribution in [0.3, 0.4) is 0 Å². The van der Waals surface area contributed by atoms with Gasteiger partial charge in [-0.05, 0) is 27.7 Å². The van der Waals surface area contributed by atoms with Crippen molar-refractivity contribution in [2.24, 2.45) is 0 Å². The minimum Gasteiger partial charge on any atom is -0.354 e. The largest absolute Gasteiger partial charge is 0.354 e. The third kappa shape index (κ3) is 3.52. The Morgan fingerprint density at radius 1 is 1.16 bits per heavy atom. The molecular formula is C12H17N7. The smallest absolute Gasteiger partial charge is 0.228 e. The molecule has 0 amide bonds. The number of nitrogens with one attached hydrogen (secondary N) is 2. The Morgan fingerprint density at radius 2 is 1.74 bits per heavy atom. The van der Waals surface area contributed by atoms with Gasteiger partial charge in [-0.2, -0.15) is 25.5 Å². The van der Waals surface area contributed by atoms with Gasteiger partial charge in [-0.15, -0.1) is 0 Å². The van der Waals surface area contributed by atoms with Crippen LogP contribution in [0, 0.1) is 22.7 Å². The molecule has 0 radical (unpaired) electrons. The van der Waals surface area contributed by atoms with Crippen molar-refractivity contribution in [3.8, 4) is 12.1 Å². The van der Waals surface area contributed by atoms with Crippen molar-refractivity contribution in [1.82, 2.24) is 15.0 Å². The molecule has 0 aromatic carbocycles. The molecule has 1 aromatic heterocycles. The quantitative estimate of drug-likeness (QED) is 0.822. The molecule has 0 atom stereocenters. The summed E-state index contributed by atoms with van der Waals surface area (Å²) in [5.74, 6) is 0.853. The maximum absolute atomic E-state index is 9.12. The van der Waals surface area contributed by atoms with Crippen LogP contribution in [0.4, 0.5) is 11.9 Å². The minimum atomic E-state index is -1.39. The van der Waals surface area contributed by atoms with Gasteiger partial charge in [0.2, 0.25) is 11.9 Å². The Kier molecular flexibility index (Phi) is 4.60. The summed E-state index contributed by atoms with van der Waals surface area (Å²) in [7, 11) is 0. The fraction of sp³-hybridized carbons (Fsp3) is 0.583. The number of anilines is 2. The summed E-state index contributed by atoms with van der Waals surface area (Å²) in [6.45, 7) is 7.93. The van der Waals surface area contributed by atoms with E-state index in [4.69, 9.17) is 10.5 Å². The van der Waals surface area contributed by atoms with Crippen LogP contribution >= 0.6 is 0 Å². The lowest BCUT2D eigenvalue weighted by molar-refractivity contribution is 0.704. The van der Waals surface area contributed by atoms with Crippen LogP contribution in [-0.2, 0) is 5.41 Å². The van der Waals surface area contributed by atoms with Gasteiger partial charge in [0.1, 0.15) is 0 Å². The molecule has 1 aromatic rings. The van der Waals surface area contributed by atoms with E-state index in [9.17, 15) is 0 Å². The van der Waals surface area contributed by atoms with E-state index in [2.05, 4.69) is 25.6 Å². The first-order chi connectivity index (χ1) is 8.95. The number of aromatic nitrogens is 3. The number of nitrogens with zero attached hydrogens (tertiary/aromatic N) is 5. The van der Waals surface area contributed by atoms with Crippen LogP contribution in [0.15, 0.2) is 0 Å². The molecule has 0 saturated heterocycles. The molecule has 1 rings (SSSR count). The zero-order valence-electron chi connectivity index (χ0n) is 11.5. The summed E-state index contributed by atoms with van der Waals surface area (Å²) in [6.07, 6.45) is 0. The lowest BCUT2D eigenvalue weighted by Crippen LogP contribution is -2.24. The van der Waals surface area contributed by atoms with E-state index < -0.39 is 5.41 Å². The van der Waals surface area contributed by atoms with Crippen LogP contribution in [0.2, 0.25) is 0 Å². The maximum atomic E-state index is 9.12.